The van der Waals surface area contributed by atoms with E-state index >= 15 is 0 Å². The Labute approximate surface area is 69.1 Å². The van der Waals surface area contributed by atoms with E-state index in [2.05, 4.69) is 23.2 Å². The lowest BCUT2D eigenvalue weighted by Gasteiger charge is -1.83. The second-order valence-corrected chi connectivity index (χ2v) is 3.70. The van der Waals surface area contributed by atoms with Crippen molar-refractivity contribution >= 4 is 16.3 Å². The molecule has 0 spiro atoms. The third-order valence-corrected chi connectivity index (χ3v) is 2.91. The molecule has 0 atom stereocenters. The highest BCUT2D eigenvalue weighted by Gasteiger charge is 2.10. The van der Waals surface area contributed by atoms with Crippen molar-refractivity contribution < 1.29 is 4.40 Å². The van der Waals surface area contributed by atoms with Crippen molar-refractivity contribution in [2.75, 3.05) is 0 Å². The van der Waals surface area contributed by atoms with Crippen molar-refractivity contribution in [3.8, 4) is 0 Å². The largest absolute Gasteiger partial charge is 0.387 e. The van der Waals surface area contributed by atoms with Gasteiger partial charge in [0.2, 0.25) is 0 Å². The van der Waals surface area contributed by atoms with Crippen LogP contribution >= 0.6 is 11.3 Å². The molecule has 0 aliphatic heterocycles. The number of rotatable bonds is 0. The number of nitrogens with zero attached hydrogens (tertiary/aromatic N) is 2. The zero-order valence-electron chi connectivity index (χ0n) is 6.53. The summed E-state index contributed by atoms with van der Waals surface area (Å²) >= 11 is 1.73. The van der Waals surface area contributed by atoms with E-state index in [1.54, 1.807) is 11.3 Å². The Morgan fingerprint density at radius 3 is 3.00 bits per heavy atom. The molecule has 0 radical (unpaired) electrons. The van der Waals surface area contributed by atoms with Gasteiger partial charge in [0, 0.05) is 6.07 Å². The SMILES string of the molecule is Cc1sc2nccc[n+]2c1C. The monoisotopic (exact) mass is 165 g/mol. The maximum absolute atomic E-state index is 4.24. The number of hydrogen-bond acceptors (Lipinski definition) is 2. The van der Waals surface area contributed by atoms with Gasteiger partial charge < -0.3 is 0 Å². The van der Waals surface area contributed by atoms with Crippen LogP contribution in [0.3, 0.4) is 0 Å². The number of aromatic nitrogens is 2. The topological polar surface area (TPSA) is 17.0 Å². The lowest BCUT2D eigenvalue weighted by atomic mass is 10.4. The predicted octanol–water partition coefficient (Wildman–Crippen LogP) is 1.50. The summed E-state index contributed by atoms with van der Waals surface area (Å²) in [5.74, 6) is 0. The Morgan fingerprint density at radius 2 is 2.27 bits per heavy atom. The smallest absolute Gasteiger partial charge is 0.190 e. The van der Waals surface area contributed by atoms with Crippen LogP contribution in [0.15, 0.2) is 18.5 Å². The molecule has 2 nitrogen and oxygen atoms in total. The molecule has 56 valence electrons. The van der Waals surface area contributed by atoms with E-state index in [-0.39, 0.29) is 0 Å². The average Bonchev–Trinajstić information content (AvgIpc) is 2.30. The molecular weight excluding hydrogens is 156 g/mol. The molecule has 0 aromatic carbocycles. The van der Waals surface area contributed by atoms with Gasteiger partial charge in [0.15, 0.2) is 0 Å². The fourth-order valence-electron chi connectivity index (χ4n) is 1.07. The summed E-state index contributed by atoms with van der Waals surface area (Å²) in [4.78, 5) is 6.65. The first-order valence-electron chi connectivity index (χ1n) is 3.51. The second kappa shape index (κ2) is 2.27. The normalized spacial score (nSPS) is 10.7. The quantitative estimate of drug-likeness (QED) is 0.541. The van der Waals surface area contributed by atoms with Crippen LogP contribution in [0.2, 0.25) is 0 Å². The van der Waals surface area contributed by atoms with E-state index in [1.165, 1.54) is 10.6 Å². The molecule has 0 fully saturated rings. The Kier molecular flexibility index (Phi) is 1.39. The molecule has 2 rings (SSSR count). The summed E-state index contributed by atoms with van der Waals surface area (Å²) < 4.78 is 2.11. The molecule has 0 amide bonds. The summed E-state index contributed by atoms with van der Waals surface area (Å²) in [6.45, 7) is 4.23. The molecule has 0 bridgehead atoms. The van der Waals surface area contributed by atoms with E-state index in [0.29, 0.717) is 0 Å². The molecule has 2 aromatic rings. The molecule has 11 heavy (non-hydrogen) atoms. The summed E-state index contributed by atoms with van der Waals surface area (Å²) in [6, 6.07) is 1.95. The van der Waals surface area contributed by atoms with Gasteiger partial charge in [-0.2, -0.15) is 4.40 Å². The summed E-state index contributed by atoms with van der Waals surface area (Å²) in [6.07, 6.45) is 3.87. The Morgan fingerprint density at radius 1 is 1.45 bits per heavy atom. The fourth-order valence-corrected chi connectivity index (χ4v) is 2.00. The van der Waals surface area contributed by atoms with E-state index in [9.17, 15) is 0 Å². The number of hydrogen-bond donors (Lipinski definition) is 0. The Hall–Kier alpha value is -0.960. The molecule has 0 N–H and O–H groups in total. The predicted molar refractivity (Wildman–Crippen MR) is 44.7 cm³/mol. The minimum Gasteiger partial charge on any atom is -0.190 e. The van der Waals surface area contributed by atoms with Crippen molar-refractivity contribution in [1.82, 2.24) is 4.98 Å². The average molecular weight is 165 g/mol. The highest BCUT2D eigenvalue weighted by molar-refractivity contribution is 7.16. The fraction of sp³-hybridized carbons (Fsp3) is 0.250. The maximum Gasteiger partial charge on any atom is 0.387 e. The van der Waals surface area contributed by atoms with Crippen LogP contribution in [-0.4, -0.2) is 4.98 Å². The number of fused-ring (bicyclic) bond motifs is 1. The van der Waals surface area contributed by atoms with Gasteiger partial charge in [-0.15, -0.1) is 0 Å². The minimum absolute atomic E-state index is 1.07. The lowest BCUT2D eigenvalue weighted by Crippen LogP contribution is -2.22. The van der Waals surface area contributed by atoms with Gasteiger partial charge in [-0.25, -0.2) is 0 Å². The Bertz CT molecular complexity index is 392. The summed E-state index contributed by atoms with van der Waals surface area (Å²) in [5.41, 5.74) is 1.29. The lowest BCUT2D eigenvalue weighted by molar-refractivity contribution is -0.518. The first kappa shape index (κ1) is 6.73. The first-order chi connectivity index (χ1) is 5.29. The van der Waals surface area contributed by atoms with Crippen LogP contribution in [0.25, 0.3) is 4.96 Å². The zero-order chi connectivity index (χ0) is 7.84. The molecule has 0 unspecified atom stereocenters. The first-order valence-corrected chi connectivity index (χ1v) is 4.33. The van der Waals surface area contributed by atoms with Crippen LogP contribution in [0.4, 0.5) is 0 Å². The van der Waals surface area contributed by atoms with Gasteiger partial charge >= 0.3 is 4.96 Å². The molecule has 3 heteroatoms. The standard InChI is InChI=1S/C8H9N2S/c1-6-7(2)11-8-9-4-3-5-10(6)8/h3-5H,1-2H3/q+1. The van der Waals surface area contributed by atoms with Gasteiger partial charge in [0.05, 0.1) is 4.88 Å². The van der Waals surface area contributed by atoms with E-state index < -0.39 is 0 Å². The van der Waals surface area contributed by atoms with Gasteiger partial charge in [0.1, 0.15) is 18.1 Å². The highest BCUT2D eigenvalue weighted by Crippen LogP contribution is 2.12. The third-order valence-electron chi connectivity index (χ3n) is 1.83. The Balaban J connectivity index is 2.92. The van der Waals surface area contributed by atoms with E-state index in [0.717, 1.165) is 4.96 Å². The van der Waals surface area contributed by atoms with E-state index in [1.807, 2.05) is 18.5 Å². The number of thiazole rings is 1. The second-order valence-electron chi connectivity index (χ2n) is 2.52. The molecular formula is C8H9N2S+. The van der Waals surface area contributed by atoms with Gasteiger partial charge in [0.25, 0.3) is 0 Å². The van der Waals surface area contributed by atoms with Gasteiger partial charge in [-0.05, 0) is 30.2 Å². The molecule has 0 aliphatic carbocycles. The summed E-state index contributed by atoms with van der Waals surface area (Å²) in [5, 5.41) is 0. The van der Waals surface area contributed by atoms with Crippen molar-refractivity contribution in [3.05, 3.63) is 29.0 Å². The highest BCUT2D eigenvalue weighted by atomic mass is 32.1. The third kappa shape index (κ3) is 0.922. The van der Waals surface area contributed by atoms with Crippen LogP contribution in [0.5, 0.6) is 0 Å². The zero-order valence-corrected chi connectivity index (χ0v) is 7.35. The van der Waals surface area contributed by atoms with Gasteiger partial charge in [-0.1, -0.05) is 0 Å². The van der Waals surface area contributed by atoms with Crippen molar-refractivity contribution in [3.63, 3.8) is 0 Å². The van der Waals surface area contributed by atoms with Crippen molar-refractivity contribution in [1.29, 1.82) is 0 Å². The van der Waals surface area contributed by atoms with Crippen molar-refractivity contribution in [2.24, 2.45) is 0 Å². The molecule has 2 aromatic heterocycles. The maximum atomic E-state index is 4.24. The van der Waals surface area contributed by atoms with Crippen LogP contribution < -0.4 is 4.40 Å². The van der Waals surface area contributed by atoms with Crippen LogP contribution in [-0.2, 0) is 0 Å². The molecule has 0 aliphatic rings. The minimum atomic E-state index is 1.07. The summed E-state index contributed by atoms with van der Waals surface area (Å²) in [7, 11) is 0. The van der Waals surface area contributed by atoms with Crippen molar-refractivity contribution in [2.45, 2.75) is 13.8 Å². The number of aryl methyl sites for hydroxylation is 2. The van der Waals surface area contributed by atoms with Gasteiger partial charge in [-0.3, -0.25) is 0 Å². The van der Waals surface area contributed by atoms with Crippen LogP contribution in [0, 0.1) is 13.8 Å². The van der Waals surface area contributed by atoms with Crippen LogP contribution in [0.1, 0.15) is 10.6 Å². The molecule has 2 heterocycles. The molecule has 0 saturated carbocycles. The molecule has 0 saturated heterocycles. The van der Waals surface area contributed by atoms with E-state index in [4.69, 9.17) is 0 Å².